The van der Waals surface area contributed by atoms with Gasteiger partial charge in [-0.2, -0.15) is 0 Å². The zero-order valence-electron chi connectivity index (χ0n) is 19.4. The third kappa shape index (κ3) is 3.29. The molecule has 2 amide bonds. The Morgan fingerprint density at radius 1 is 0.917 bits per heavy atom. The minimum Gasteiger partial charge on any atom is -0.467 e. The Morgan fingerprint density at radius 2 is 1.75 bits per heavy atom. The van der Waals surface area contributed by atoms with Crippen molar-refractivity contribution in [3.05, 3.63) is 96.2 Å². The Morgan fingerprint density at radius 3 is 2.56 bits per heavy atom. The highest BCUT2D eigenvalue weighted by atomic mass is 16.7. The normalized spacial score (nSPS) is 17.4. The lowest BCUT2D eigenvalue weighted by atomic mass is 10.0. The number of aromatic nitrogens is 1. The van der Waals surface area contributed by atoms with Crippen LogP contribution in [0.25, 0.3) is 5.69 Å². The van der Waals surface area contributed by atoms with E-state index in [0.717, 1.165) is 29.9 Å². The zero-order valence-corrected chi connectivity index (χ0v) is 19.4. The van der Waals surface area contributed by atoms with Crippen LogP contribution in [0.4, 0.5) is 5.69 Å². The number of furan rings is 1. The fourth-order valence-electron chi connectivity index (χ4n) is 5.15. The highest BCUT2D eigenvalue weighted by Gasteiger charge is 2.41. The summed E-state index contributed by atoms with van der Waals surface area (Å²) in [6.45, 7) is 0.103. The van der Waals surface area contributed by atoms with E-state index in [9.17, 15) is 9.59 Å². The van der Waals surface area contributed by atoms with Gasteiger partial charge in [-0.3, -0.25) is 14.5 Å². The molecule has 2 aromatic heterocycles. The van der Waals surface area contributed by atoms with Crippen LogP contribution in [0.3, 0.4) is 0 Å². The standard InChI is InChI=1S/C28H23N3O5/c32-26(16-30(19-10-11-19)28(33)18-9-12-23-25(15-18)36-17-35-23)31-21-6-2-1-5-20(21)29-13-3-7-22(29)27(31)24-8-4-14-34-24/h1-9,12-15,19,27H,10-11,16-17H2/t27-/m0/s1. The van der Waals surface area contributed by atoms with Gasteiger partial charge < -0.3 is 23.4 Å². The number of para-hydroxylation sites is 2. The van der Waals surface area contributed by atoms with E-state index in [4.69, 9.17) is 13.9 Å². The van der Waals surface area contributed by atoms with Gasteiger partial charge in [-0.05, 0) is 67.4 Å². The lowest BCUT2D eigenvalue weighted by Crippen LogP contribution is -2.47. The lowest BCUT2D eigenvalue weighted by Gasteiger charge is -2.38. The van der Waals surface area contributed by atoms with Crippen LogP contribution >= 0.6 is 0 Å². The number of carbonyl (C=O) groups excluding carboxylic acids is 2. The molecule has 0 saturated heterocycles. The molecule has 4 aromatic rings. The number of ether oxygens (including phenoxy) is 2. The molecule has 2 aromatic carbocycles. The van der Waals surface area contributed by atoms with Crippen LogP contribution in [0, 0.1) is 0 Å². The van der Waals surface area contributed by atoms with Crippen LogP contribution in [-0.4, -0.2) is 40.7 Å². The van der Waals surface area contributed by atoms with Crippen LogP contribution in [0.15, 0.2) is 83.6 Å². The van der Waals surface area contributed by atoms with E-state index >= 15 is 0 Å². The van der Waals surface area contributed by atoms with Crippen molar-refractivity contribution in [1.82, 2.24) is 9.47 Å². The van der Waals surface area contributed by atoms with Gasteiger partial charge in [0.05, 0.1) is 23.3 Å². The SMILES string of the molecule is O=C(c1ccc2c(c1)OCO2)N(CC(=O)N1c2ccccc2-n2cccc2[C@H]1c1ccco1)C1CC1. The summed E-state index contributed by atoms with van der Waals surface area (Å²) in [4.78, 5) is 31.2. The quantitative estimate of drug-likeness (QED) is 0.418. The maximum atomic E-state index is 14.1. The summed E-state index contributed by atoms with van der Waals surface area (Å²) in [7, 11) is 0. The minimum absolute atomic E-state index is 0.0375. The summed E-state index contributed by atoms with van der Waals surface area (Å²) < 4.78 is 18.7. The Hall–Kier alpha value is -4.46. The first-order valence-corrected chi connectivity index (χ1v) is 12.0. The predicted octanol–water partition coefficient (Wildman–Crippen LogP) is 4.54. The number of nitrogens with zero attached hydrogens (tertiary/aromatic N) is 3. The van der Waals surface area contributed by atoms with E-state index < -0.39 is 6.04 Å². The van der Waals surface area contributed by atoms with E-state index in [1.54, 1.807) is 34.3 Å². The molecule has 1 aliphatic carbocycles. The van der Waals surface area contributed by atoms with Gasteiger partial charge in [0.25, 0.3) is 5.91 Å². The molecule has 0 N–H and O–H groups in total. The number of amides is 2. The molecule has 7 rings (SSSR count). The molecule has 36 heavy (non-hydrogen) atoms. The van der Waals surface area contributed by atoms with Crippen molar-refractivity contribution in [1.29, 1.82) is 0 Å². The van der Waals surface area contributed by atoms with Crippen molar-refractivity contribution in [2.24, 2.45) is 0 Å². The van der Waals surface area contributed by atoms with Crippen molar-refractivity contribution in [2.75, 3.05) is 18.2 Å². The molecular weight excluding hydrogens is 458 g/mol. The summed E-state index contributed by atoms with van der Waals surface area (Å²) in [6, 6.07) is 20.2. The van der Waals surface area contributed by atoms with Gasteiger partial charge in [0.15, 0.2) is 11.5 Å². The highest BCUT2D eigenvalue weighted by molar-refractivity contribution is 6.03. The van der Waals surface area contributed by atoms with Gasteiger partial charge in [-0.15, -0.1) is 0 Å². The van der Waals surface area contributed by atoms with Crippen LogP contribution < -0.4 is 14.4 Å². The second-order valence-corrected chi connectivity index (χ2v) is 9.21. The van der Waals surface area contributed by atoms with E-state index in [0.29, 0.717) is 22.8 Å². The van der Waals surface area contributed by atoms with Gasteiger partial charge in [0, 0.05) is 17.8 Å². The average Bonchev–Trinajstić information content (AvgIpc) is 3.30. The second-order valence-electron chi connectivity index (χ2n) is 9.21. The molecule has 8 nitrogen and oxygen atoms in total. The molecule has 180 valence electrons. The molecular formula is C28H23N3O5. The first-order chi connectivity index (χ1) is 17.7. The van der Waals surface area contributed by atoms with Crippen LogP contribution in [-0.2, 0) is 4.79 Å². The van der Waals surface area contributed by atoms with E-state index in [1.165, 1.54) is 0 Å². The average molecular weight is 482 g/mol. The molecule has 4 heterocycles. The lowest BCUT2D eigenvalue weighted by molar-refractivity contribution is -0.120. The fourth-order valence-corrected chi connectivity index (χ4v) is 5.15. The van der Waals surface area contributed by atoms with Gasteiger partial charge in [-0.1, -0.05) is 12.1 Å². The van der Waals surface area contributed by atoms with Crippen molar-refractivity contribution >= 4 is 17.5 Å². The van der Waals surface area contributed by atoms with E-state index in [2.05, 4.69) is 4.57 Å². The number of anilines is 1. The number of rotatable bonds is 5. The van der Waals surface area contributed by atoms with Crippen molar-refractivity contribution < 1.29 is 23.5 Å². The Labute approximate surface area is 207 Å². The van der Waals surface area contributed by atoms with Gasteiger partial charge in [0.2, 0.25) is 12.7 Å². The van der Waals surface area contributed by atoms with E-state index in [1.807, 2.05) is 54.7 Å². The summed E-state index contributed by atoms with van der Waals surface area (Å²) in [6.07, 6.45) is 5.37. The number of hydrogen-bond acceptors (Lipinski definition) is 5. The Bertz CT molecular complexity index is 1470. The largest absolute Gasteiger partial charge is 0.467 e. The molecule has 0 bridgehead atoms. The highest BCUT2D eigenvalue weighted by Crippen LogP contribution is 2.43. The Kier molecular flexibility index (Phi) is 4.67. The Balaban J connectivity index is 1.25. The third-order valence-corrected chi connectivity index (χ3v) is 6.97. The maximum absolute atomic E-state index is 14.1. The first kappa shape index (κ1) is 20.9. The number of carbonyl (C=O) groups is 2. The predicted molar refractivity (Wildman–Crippen MR) is 130 cm³/mol. The number of fused-ring (bicyclic) bond motifs is 4. The van der Waals surface area contributed by atoms with Gasteiger partial charge >= 0.3 is 0 Å². The fraction of sp³-hybridized carbons (Fsp3) is 0.214. The summed E-state index contributed by atoms with van der Waals surface area (Å²) in [5.41, 5.74) is 3.10. The van der Waals surface area contributed by atoms with Crippen LogP contribution in [0.1, 0.15) is 40.7 Å². The zero-order chi connectivity index (χ0) is 24.2. The topological polar surface area (TPSA) is 77.2 Å². The number of benzene rings is 2. The first-order valence-electron chi connectivity index (χ1n) is 12.0. The molecule has 0 spiro atoms. The smallest absolute Gasteiger partial charge is 0.254 e. The number of hydrogen-bond donors (Lipinski definition) is 0. The van der Waals surface area contributed by atoms with Crippen molar-refractivity contribution in [2.45, 2.75) is 24.9 Å². The molecule has 0 radical (unpaired) electrons. The van der Waals surface area contributed by atoms with Gasteiger partial charge in [0.1, 0.15) is 18.3 Å². The third-order valence-electron chi connectivity index (χ3n) is 6.97. The summed E-state index contributed by atoms with van der Waals surface area (Å²) >= 11 is 0. The molecule has 0 unspecified atom stereocenters. The monoisotopic (exact) mass is 481 g/mol. The molecule has 1 atom stereocenters. The van der Waals surface area contributed by atoms with Crippen molar-refractivity contribution in [3.8, 4) is 17.2 Å². The van der Waals surface area contributed by atoms with Gasteiger partial charge in [-0.25, -0.2) is 0 Å². The molecule has 2 aliphatic heterocycles. The summed E-state index contributed by atoms with van der Waals surface area (Å²) in [5, 5.41) is 0. The van der Waals surface area contributed by atoms with Crippen molar-refractivity contribution in [3.63, 3.8) is 0 Å². The second kappa shape index (κ2) is 8.05. The van der Waals surface area contributed by atoms with Crippen LogP contribution in [0.2, 0.25) is 0 Å². The van der Waals surface area contributed by atoms with Crippen LogP contribution in [0.5, 0.6) is 11.5 Å². The molecule has 3 aliphatic rings. The molecule has 1 fully saturated rings. The summed E-state index contributed by atoms with van der Waals surface area (Å²) in [5.74, 6) is 1.48. The maximum Gasteiger partial charge on any atom is 0.254 e. The minimum atomic E-state index is -0.445. The molecule has 1 saturated carbocycles. The van der Waals surface area contributed by atoms with E-state index in [-0.39, 0.29) is 31.2 Å². The molecule has 8 heteroatoms.